The van der Waals surface area contributed by atoms with E-state index in [4.69, 9.17) is 11.6 Å². The van der Waals surface area contributed by atoms with E-state index < -0.39 is 0 Å². The number of nitrogens with zero attached hydrogens (tertiary/aromatic N) is 4. The fourth-order valence-electron chi connectivity index (χ4n) is 3.28. The molecule has 0 atom stereocenters. The summed E-state index contributed by atoms with van der Waals surface area (Å²) in [7, 11) is 0. The minimum Gasteiger partial charge on any atom is -0.371 e. The van der Waals surface area contributed by atoms with Crippen molar-refractivity contribution in [1.29, 1.82) is 0 Å². The predicted molar refractivity (Wildman–Crippen MR) is 118 cm³/mol. The van der Waals surface area contributed by atoms with Crippen LogP contribution < -0.4 is 5.32 Å². The summed E-state index contributed by atoms with van der Waals surface area (Å²) in [5.74, 6) is 1.30. The van der Waals surface area contributed by atoms with Crippen molar-refractivity contribution in [3.05, 3.63) is 76.9 Å². The molecule has 1 aliphatic rings. The number of hydrogen-bond donors (Lipinski definition) is 1. The van der Waals surface area contributed by atoms with Crippen molar-refractivity contribution in [3.8, 4) is 0 Å². The third-order valence-corrected chi connectivity index (χ3v) is 6.09. The molecule has 1 saturated heterocycles. The highest BCUT2D eigenvalue weighted by Crippen LogP contribution is 2.30. The van der Waals surface area contributed by atoms with Crippen molar-refractivity contribution >= 4 is 49.9 Å². The van der Waals surface area contributed by atoms with Crippen LogP contribution in [0.1, 0.15) is 5.69 Å². The van der Waals surface area contributed by atoms with Crippen LogP contribution in [-0.2, 0) is 6.42 Å². The highest BCUT2D eigenvalue weighted by atomic mass is 79.9. The molecule has 28 heavy (non-hydrogen) atoms. The number of anilines is 2. The minimum atomic E-state index is 0.563. The lowest BCUT2D eigenvalue weighted by Gasteiger charge is -2.41. The van der Waals surface area contributed by atoms with E-state index in [2.05, 4.69) is 60.3 Å². The second kappa shape index (κ2) is 7.89. The lowest BCUT2D eigenvalue weighted by Crippen LogP contribution is -2.46. The van der Waals surface area contributed by atoms with E-state index in [-0.39, 0.29) is 0 Å². The number of nitrogens with one attached hydrogen (secondary N) is 1. The lowest BCUT2D eigenvalue weighted by atomic mass is 9.93. The molecule has 1 fully saturated rings. The maximum atomic E-state index is 6.20. The van der Waals surface area contributed by atoms with Crippen LogP contribution in [0.15, 0.2) is 66.2 Å². The molecule has 1 aromatic carbocycles. The first-order chi connectivity index (χ1) is 13.5. The average Bonchev–Trinajstić information content (AvgIpc) is 2.67. The number of likely N-dealkylation sites (tertiary alicyclic amines) is 1. The van der Waals surface area contributed by atoms with Crippen LogP contribution in [0.2, 0.25) is 5.02 Å². The van der Waals surface area contributed by atoms with Gasteiger partial charge in [-0.05, 0) is 58.6 Å². The molecule has 0 radical (unpaired) electrons. The van der Waals surface area contributed by atoms with Gasteiger partial charge in [0.15, 0.2) is 0 Å². The van der Waals surface area contributed by atoms with E-state index in [9.17, 15) is 0 Å². The minimum absolute atomic E-state index is 0.563. The highest BCUT2D eigenvalue weighted by molar-refractivity contribution is 9.10. The third-order valence-electron chi connectivity index (χ3n) is 4.86. The Balaban J connectivity index is 1.55. The highest BCUT2D eigenvalue weighted by Gasteiger charge is 2.27. The molecule has 0 aliphatic carbocycles. The van der Waals surface area contributed by atoms with Gasteiger partial charge in [0.1, 0.15) is 12.1 Å². The van der Waals surface area contributed by atoms with Crippen LogP contribution in [-0.4, -0.2) is 32.9 Å². The van der Waals surface area contributed by atoms with Crippen molar-refractivity contribution in [2.75, 3.05) is 18.4 Å². The zero-order chi connectivity index (χ0) is 19.7. The number of rotatable bonds is 6. The number of halogens is 2. The van der Waals surface area contributed by atoms with Gasteiger partial charge in [-0.2, -0.15) is 0 Å². The fourth-order valence-corrected chi connectivity index (χ4v) is 3.71. The molecule has 0 unspecified atom stereocenters. The summed E-state index contributed by atoms with van der Waals surface area (Å²) in [4.78, 5) is 15.6. The van der Waals surface area contributed by atoms with Crippen LogP contribution in [0.3, 0.4) is 0 Å². The summed E-state index contributed by atoms with van der Waals surface area (Å²) in [5, 5.41) is 4.92. The molecule has 7 heteroatoms. The summed E-state index contributed by atoms with van der Waals surface area (Å²) in [6, 6.07) is 7.78. The van der Waals surface area contributed by atoms with Crippen LogP contribution in [0.25, 0.3) is 10.9 Å². The van der Waals surface area contributed by atoms with E-state index in [1.807, 2.05) is 24.4 Å². The first-order valence-electron chi connectivity index (χ1n) is 8.91. The van der Waals surface area contributed by atoms with E-state index in [1.165, 1.54) is 6.33 Å². The van der Waals surface area contributed by atoms with Crippen LogP contribution in [0.4, 0.5) is 11.5 Å². The first kappa shape index (κ1) is 18.9. The van der Waals surface area contributed by atoms with Crippen LogP contribution in [0, 0.1) is 5.92 Å². The normalized spacial score (nSPS) is 14.0. The maximum absolute atomic E-state index is 6.20. The van der Waals surface area contributed by atoms with Gasteiger partial charge in [-0.1, -0.05) is 24.8 Å². The van der Waals surface area contributed by atoms with Crippen molar-refractivity contribution in [2.24, 2.45) is 5.92 Å². The van der Waals surface area contributed by atoms with Gasteiger partial charge in [-0.15, -0.1) is 0 Å². The van der Waals surface area contributed by atoms with E-state index in [1.54, 1.807) is 6.08 Å². The Morgan fingerprint density at radius 1 is 1.29 bits per heavy atom. The number of fused-ring (bicyclic) bond motifs is 1. The monoisotopic (exact) mass is 455 g/mol. The number of pyridine rings is 1. The molecule has 3 heterocycles. The van der Waals surface area contributed by atoms with Gasteiger partial charge >= 0.3 is 0 Å². The molecule has 1 N–H and O–H groups in total. The standard InChI is InChI=1S/C21H19BrClN5/c1-3-13(2)28-10-14(11-28)6-16-7-17-20(9-24-16)25-12-26-21(17)27-15-4-5-18(22)19(23)8-15/h3-5,7-9,12,14H,1-2,6,10-11H2,(H,25,26,27). The van der Waals surface area contributed by atoms with Crippen molar-refractivity contribution in [1.82, 2.24) is 19.9 Å². The van der Waals surface area contributed by atoms with Gasteiger partial charge in [-0.25, -0.2) is 9.97 Å². The SMILES string of the molecule is C=CC(=C)N1CC(Cc2cc3c(Nc4ccc(Br)c(Cl)c4)ncnc3cn2)C1. The molecule has 2 aromatic heterocycles. The predicted octanol–water partition coefficient (Wildman–Crippen LogP) is 5.36. The van der Waals surface area contributed by atoms with Gasteiger partial charge in [0, 0.05) is 40.0 Å². The molecule has 142 valence electrons. The molecule has 0 bridgehead atoms. The summed E-state index contributed by atoms with van der Waals surface area (Å²) < 4.78 is 0.854. The Morgan fingerprint density at radius 2 is 2.11 bits per heavy atom. The Morgan fingerprint density at radius 3 is 2.86 bits per heavy atom. The summed E-state index contributed by atoms with van der Waals surface area (Å²) in [6.07, 6.45) is 6.06. The topological polar surface area (TPSA) is 53.9 Å². The number of benzene rings is 1. The summed E-state index contributed by atoms with van der Waals surface area (Å²) in [6.45, 7) is 9.74. The zero-order valence-corrected chi connectivity index (χ0v) is 17.5. The van der Waals surface area contributed by atoms with Crippen LogP contribution >= 0.6 is 27.5 Å². The summed E-state index contributed by atoms with van der Waals surface area (Å²) >= 11 is 9.61. The van der Waals surface area contributed by atoms with E-state index in [0.717, 1.165) is 57.8 Å². The quantitative estimate of drug-likeness (QED) is 0.506. The maximum Gasteiger partial charge on any atom is 0.141 e. The number of hydrogen-bond acceptors (Lipinski definition) is 5. The Kier molecular flexibility index (Phi) is 5.33. The molecule has 5 nitrogen and oxygen atoms in total. The molecule has 4 rings (SSSR count). The molecule has 1 aliphatic heterocycles. The van der Waals surface area contributed by atoms with E-state index in [0.29, 0.717) is 10.9 Å². The lowest BCUT2D eigenvalue weighted by molar-refractivity contribution is 0.148. The van der Waals surface area contributed by atoms with Crippen molar-refractivity contribution < 1.29 is 0 Å². The van der Waals surface area contributed by atoms with Gasteiger partial charge in [0.25, 0.3) is 0 Å². The van der Waals surface area contributed by atoms with Crippen molar-refractivity contribution in [2.45, 2.75) is 6.42 Å². The Bertz CT molecular complexity index is 1060. The zero-order valence-electron chi connectivity index (χ0n) is 15.2. The largest absolute Gasteiger partial charge is 0.371 e. The number of allylic oxidation sites excluding steroid dienone is 1. The second-order valence-electron chi connectivity index (χ2n) is 6.84. The molecule has 0 amide bonds. The van der Waals surface area contributed by atoms with Gasteiger partial charge < -0.3 is 10.2 Å². The average molecular weight is 457 g/mol. The van der Waals surface area contributed by atoms with Crippen molar-refractivity contribution in [3.63, 3.8) is 0 Å². The molecule has 3 aromatic rings. The molecule has 0 spiro atoms. The second-order valence-corrected chi connectivity index (χ2v) is 8.10. The Labute approximate surface area is 177 Å². The fraction of sp³-hybridized carbons (Fsp3) is 0.190. The first-order valence-corrected chi connectivity index (χ1v) is 10.1. The Hall–Kier alpha value is -2.44. The molecular weight excluding hydrogens is 438 g/mol. The molecule has 0 saturated carbocycles. The van der Waals surface area contributed by atoms with E-state index >= 15 is 0 Å². The van der Waals surface area contributed by atoms with Crippen LogP contribution in [0.5, 0.6) is 0 Å². The van der Waals surface area contributed by atoms with Gasteiger partial charge in [-0.3, -0.25) is 4.98 Å². The third kappa shape index (κ3) is 3.88. The molecular formula is C21H19BrClN5. The van der Waals surface area contributed by atoms with Gasteiger partial charge in [0.05, 0.1) is 16.7 Å². The smallest absolute Gasteiger partial charge is 0.141 e. The summed E-state index contributed by atoms with van der Waals surface area (Å²) in [5.41, 5.74) is 3.69. The number of aromatic nitrogens is 3. The van der Waals surface area contributed by atoms with Gasteiger partial charge in [0.2, 0.25) is 0 Å².